The van der Waals surface area contributed by atoms with Gasteiger partial charge in [0.1, 0.15) is 11.5 Å². The van der Waals surface area contributed by atoms with Crippen LogP contribution < -0.4 is 0 Å². The molecule has 16 heavy (non-hydrogen) atoms. The van der Waals surface area contributed by atoms with Crippen LogP contribution in [0.15, 0.2) is 29.0 Å². The van der Waals surface area contributed by atoms with Gasteiger partial charge in [-0.3, -0.25) is 9.67 Å². The summed E-state index contributed by atoms with van der Waals surface area (Å²) in [5.74, 6) is -0.332. The molecule has 2 heterocycles. The van der Waals surface area contributed by atoms with Crippen LogP contribution >= 0.6 is 15.9 Å². The van der Waals surface area contributed by atoms with E-state index in [4.69, 9.17) is 0 Å². The molecule has 3 rings (SSSR count). The number of halogens is 2. The Balaban J connectivity index is 2.01. The third-order valence-corrected chi connectivity index (χ3v) is 3.16. The Morgan fingerprint density at radius 2 is 2.19 bits per heavy atom. The topological polar surface area (TPSA) is 30.7 Å². The van der Waals surface area contributed by atoms with Crippen LogP contribution in [0, 0.1) is 5.82 Å². The van der Waals surface area contributed by atoms with E-state index in [-0.39, 0.29) is 5.82 Å². The number of hydrogen-bond donors (Lipinski definition) is 0. The predicted molar refractivity (Wildman–Crippen MR) is 61.4 cm³/mol. The minimum atomic E-state index is -0.332. The Bertz CT molecular complexity index is 517. The van der Waals surface area contributed by atoms with E-state index in [1.54, 1.807) is 6.07 Å². The first kappa shape index (κ1) is 9.96. The minimum absolute atomic E-state index is 0.332. The summed E-state index contributed by atoms with van der Waals surface area (Å²) >= 11 is 3.45. The molecule has 0 aliphatic heterocycles. The monoisotopic (exact) mass is 281 g/mol. The van der Waals surface area contributed by atoms with Crippen LogP contribution in [0.3, 0.4) is 0 Å². The molecule has 0 N–H and O–H groups in total. The molecule has 1 aliphatic carbocycles. The molecular formula is C11H9BrFN3. The van der Waals surface area contributed by atoms with Crippen molar-refractivity contribution in [3.8, 4) is 11.4 Å². The lowest BCUT2D eigenvalue weighted by molar-refractivity contribution is 0.621. The summed E-state index contributed by atoms with van der Waals surface area (Å²) < 4.78 is 15.6. The molecule has 0 amide bonds. The molecule has 1 saturated carbocycles. The van der Waals surface area contributed by atoms with Crippen LogP contribution in [-0.2, 0) is 0 Å². The average molecular weight is 282 g/mol. The highest BCUT2D eigenvalue weighted by atomic mass is 79.9. The average Bonchev–Trinajstić information content (AvgIpc) is 3.04. The minimum Gasteiger partial charge on any atom is -0.268 e. The van der Waals surface area contributed by atoms with E-state index in [1.165, 1.54) is 25.1 Å². The van der Waals surface area contributed by atoms with Gasteiger partial charge >= 0.3 is 0 Å². The van der Waals surface area contributed by atoms with Crippen molar-refractivity contribution in [3.63, 3.8) is 0 Å². The van der Waals surface area contributed by atoms with Crippen molar-refractivity contribution in [1.29, 1.82) is 0 Å². The van der Waals surface area contributed by atoms with E-state index >= 15 is 0 Å². The second-order valence-electron chi connectivity index (χ2n) is 3.90. The second-order valence-corrected chi connectivity index (χ2v) is 4.75. The van der Waals surface area contributed by atoms with Crippen molar-refractivity contribution in [2.24, 2.45) is 0 Å². The van der Waals surface area contributed by atoms with Gasteiger partial charge in [0.2, 0.25) is 0 Å². The number of hydrogen-bond acceptors (Lipinski definition) is 2. The van der Waals surface area contributed by atoms with Gasteiger partial charge in [-0.05, 0) is 40.9 Å². The van der Waals surface area contributed by atoms with Gasteiger partial charge < -0.3 is 0 Å². The first-order chi connectivity index (χ1) is 7.74. The fourth-order valence-electron chi connectivity index (χ4n) is 1.58. The molecule has 0 radical (unpaired) electrons. The Kier molecular flexibility index (Phi) is 2.28. The van der Waals surface area contributed by atoms with Crippen LogP contribution in [-0.4, -0.2) is 14.8 Å². The molecule has 2 aromatic heterocycles. The quantitative estimate of drug-likeness (QED) is 0.847. The van der Waals surface area contributed by atoms with Crippen LogP contribution in [0.5, 0.6) is 0 Å². The molecule has 1 aliphatic rings. The molecule has 2 aromatic rings. The van der Waals surface area contributed by atoms with Gasteiger partial charge in [-0.1, -0.05) is 0 Å². The smallest absolute Gasteiger partial charge is 0.141 e. The third-order valence-electron chi connectivity index (χ3n) is 2.58. The molecule has 0 atom stereocenters. The van der Waals surface area contributed by atoms with E-state index in [1.807, 2.05) is 10.9 Å². The number of pyridine rings is 1. The van der Waals surface area contributed by atoms with E-state index in [0.717, 1.165) is 10.2 Å². The fourth-order valence-corrected chi connectivity index (χ4v) is 2.08. The van der Waals surface area contributed by atoms with Gasteiger partial charge in [0, 0.05) is 6.20 Å². The molecule has 0 bridgehead atoms. The summed E-state index contributed by atoms with van der Waals surface area (Å²) in [6.45, 7) is 0. The highest BCUT2D eigenvalue weighted by molar-refractivity contribution is 9.10. The van der Waals surface area contributed by atoms with Crippen LogP contribution in [0.2, 0.25) is 0 Å². The highest BCUT2D eigenvalue weighted by Crippen LogP contribution is 2.37. The molecule has 0 saturated heterocycles. The van der Waals surface area contributed by atoms with Gasteiger partial charge in [0.05, 0.1) is 22.4 Å². The first-order valence-electron chi connectivity index (χ1n) is 5.10. The summed E-state index contributed by atoms with van der Waals surface area (Å²) in [5, 5.41) is 4.46. The van der Waals surface area contributed by atoms with Crippen molar-refractivity contribution in [1.82, 2.24) is 14.8 Å². The molecule has 0 unspecified atom stereocenters. The predicted octanol–water partition coefficient (Wildman–Crippen LogP) is 3.18. The summed E-state index contributed by atoms with van der Waals surface area (Å²) in [6.07, 6.45) is 5.53. The zero-order chi connectivity index (χ0) is 11.1. The van der Waals surface area contributed by atoms with Crippen molar-refractivity contribution in [2.75, 3.05) is 0 Å². The van der Waals surface area contributed by atoms with Gasteiger partial charge in [0.25, 0.3) is 0 Å². The normalized spacial score (nSPS) is 15.4. The molecule has 5 heteroatoms. The largest absolute Gasteiger partial charge is 0.268 e. The molecular weight excluding hydrogens is 273 g/mol. The van der Waals surface area contributed by atoms with Gasteiger partial charge in [-0.15, -0.1) is 0 Å². The van der Waals surface area contributed by atoms with Gasteiger partial charge in [-0.2, -0.15) is 5.10 Å². The maximum absolute atomic E-state index is 12.7. The molecule has 1 fully saturated rings. The van der Waals surface area contributed by atoms with Crippen molar-refractivity contribution < 1.29 is 4.39 Å². The van der Waals surface area contributed by atoms with E-state index < -0.39 is 0 Å². The summed E-state index contributed by atoms with van der Waals surface area (Å²) in [6, 6.07) is 3.57. The highest BCUT2D eigenvalue weighted by Gasteiger charge is 2.25. The van der Waals surface area contributed by atoms with Crippen LogP contribution in [0.25, 0.3) is 11.4 Å². The standard InChI is InChI=1S/C11H9BrFN3/c12-9-6-16(8-2-3-8)15-11(9)10-4-1-7(13)5-14-10/h1,4-6,8H,2-3H2. The fraction of sp³-hybridized carbons (Fsp3) is 0.273. The summed E-state index contributed by atoms with van der Waals surface area (Å²) in [4.78, 5) is 4.02. The molecule has 0 spiro atoms. The van der Waals surface area contributed by atoms with Crippen molar-refractivity contribution in [3.05, 3.63) is 34.8 Å². The van der Waals surface area contributed by atoms with Gasteiger partial charge in [-0.25, -0.2) is 4.39 Å². The van der Waals surface area contributed by atoms with Crippen molar-refractivity contribution in [2.45, 2.75) is 18.9 Å². The third kappa shape index (κ3) is 1.75. The second kappa shape index (κ2) is 3.66. The zero-order valence-corrected chi connectivity index (χ0v) is 9.98. The summed E-state index contributed by atoms with van der Waals surface area (Å²) in [7, 11) is 0. The molecule has 82 valence electrons. The lowest BCUT2D eigenvalue weighted by Gasteiger charge is -1.97. The number of aromatic nitrogens is 3. The number of rotatable bonds is 2. The SMILES string of the molecule is Fc1ccc(-c2nn(C3CC3)cc2Br)nc1. The molecule has 0 aromatic carbocycles. The first-order valence-corrected chi connectivity index (χ1v) is 5.90. The Labute approximate surface area is 100 Å². The molecule has 3 nitrogen and oxygen atoms in total. The van der Waals surface area contributed by atoms with E-state index in [2.05, 4.69) is 26.0 Å². The number of nitrogens with zero attached hydrogens (tertiary/aromatic N) is 3. The Morgan fingerprint density at radius 3 is 2.81 bits per heavy atom. The Morgan fingerprint density at radius 1 is 1.38 bits per heavy atom. The zero-order valence-electron chi connectivity index (χ0n) is 8.40. The Hall–Kier alpha value is -1.23. The van der Waals surface area contributed by atoms with Crippen molar-refractivity contribution >= 4 is 15.9 Å². The maximum atomic E-state index is 12.7. The lowest BCUT2D eigenvalue weighted by Crippen LogP contribution is -1.94. The van der Waals surface area contributed by atoms with Crippen LogP contribution in [0.4, 0.5) is 4.39 Å². The lowest BCUT2D eigenvalue weighted by atomic mass is 10.3. The van der Waals surface area contributed by atoms with Crippen LogP contribution in [0.1, 0.15) is 18.9 Å². The van der Waals surface area contributed by atoms with E-state index in [0.29, 0.717) is 11.7 Å². The van der Waals surface area contributed by atoms with E-state index in [9.17, 15) is 4.39 Å². The maximum Gasteiger partial charge on any atom is 0.141 e. The summed E-state index contributed by atoms with van der Waals surface area (Å²) in [5.41, 5.74) is 1.46. The van der Waals surface area contributed by atoms with Gasteiger partial charge in [0.15, 0.2) is 0 Å².